The van der Waals surface area contributed by atoms with Crippen LogP contribution in [0.15, 0.2) is 24.3 Å². The second-order valence-corrected chi connectivity index (χ2v) is 4.29. The van der Waals surface area contributed by atoms with Crippen molar-refractivity contribution < 1.29 is 9.59 Å². The lowest BCUT2D eigenvalue weighted by Gasteiger charge is -2.07. The maximum atomic E-state index is 11.5. The van der Waals surface area contributed by atoms with Gasteiger partial charge in [0.25, 0.3) is 11.8 Å². The number of carbonyl (C=O) groups excluding carboxylic acids is 2. The fraction of sp³-hybridized carbons (Fsp3) is 0.111. The number of hydrogen-bond donors (Lipinski definition) is 2. The van der Waals surface area contributed by atoms with Crippen LogP contribution in [-0.4, -0.2) is 16.7 Å². The zero-order valence-electron chi connectivity index (χ0n) is 7.84. The summed E-state index contributed by atoms with van der Waals surface area (Å²) in [7, 11) is 0. The Bertz CT molecular complexity index is 409. The molecule has 16 heavy (non-hydrogen) atoms. The molecule has 0 spiro atoms. The molecule has 0 aliphatic rings. The second kappa shape index (κ2) is 5.94. The largest absolute Gasteiger partial charge is 0.271 e. The number of amides is 2. The Morgan fingerprint density at radius 1 is 1.19 bits per heavy atom. The fourth-order valence-corrected chi connectivity index (χ4v) is 1.17. The van der Waals surface area contributed by atoms with Crippen LogP contribution in [-0.2, 0) is 4.79 Å². The third-order valence-corrected chi connectivity index (χ3v) is 2.22. The van der Waals surface area contributed by atoms with Crippen molar-refractivity contribution in [3.05, 3.63) is 34.9 Å². The van der Waals surface area contributed by atoms with Crippen LogP contribution in [0.4, 0.5) is 0 Å². The molecule has 1 aromatic carbocycles. The van der Waals surface area contributed by atoms with Crippen molar-refractivity contribution in [1.29, 1.82) is 0 Å². The number of halogens is 3. The van der Waals surface area contributed by atoms with E-state index in [4.69, 9.17) is 34.8 Å². The SMILES string of the molecule is O=C(NNC(=O)C(Cl)Cl)c1cccc(Cl)c1. The van der Waals surface area contributed by atoms with Crippen LogP contribution in [0.5, 0.6) is 0 Å². The van der Waals surface area contributed by atoms with Crippen molar-refractivity contribution >= 4 is 46.6 Å². The molecule has 1 aromatic rings. The summed E-state index contributed by atoms with van der Waals surface area (Å²) < 4.78 is 0. The zero-order chi connectivity index (χ0) is 12.1. The molecular weight excluding hydrogens is 274 g/mol. The van der Waals surface area contributed by atoms with E-state index in [1.54, 1.807) is 18.2 Å². The molecule has 1 rings (SSSR count). The van der Waals surface area contributed by atoms with Gasteiger partial charge in [0.05, 0.1) is 0 Å². The lowest BCUT2D eigenvalue weighted by Crippen LogP contribution is -2.43. The molecule has 0 fully saturated rings. The number of hydrogen-bond acceptors (Lipinski definition) is 2. The van der Waals surface area contributed by atoms with Gasteiger partial charge in [0.2, 0.25) is 0 Å². The summed E-state index contributed by atoms with van der Waals surface area (Å²) in [6.07, 6.45) is 0. The van der Waals surface area contributed by atoms with Gasteiger partial charge in [0, 0.05) is 10.6 Å². The topological polar surface area (TPSA) is 58.2 Å². The van der Waals surface area contributed by atoms with Crippen molar-refractivity contribution in [2.45, 2.75) is 4.84 Å². The molecule has 0 bridgehead atoms. The molecule has 0 saturated carbocycles. The van der Waals surface area contributed by atoms with Crippen molar-refractivity contribution in [2.75, 3.05) is 0 Å². The third-order valence-electron chi connectivity index (χ3n) is 1.58. The molecule has 2 N–H and O–H groups in total. The number of rotatable bonds is 2. The minimum atomic E-state index is -1.24. The highest BCUT2D eigenvalue weighted by Gasteiger charge is 2.12. The van der Waals surface area contributed by atoms with Crippen LogP contribution in [0.25, 0.3) is 0 Å². The highest BCUT2D eigenvalue weighted by atomic mass is 35.5. The molecule has 0 saturated heterocycles. The second-order valence-electron chi connectivity index (χ2n) is 2.75. The summed E-state index contributed by atoms with van der Waals surface area (Å²) in [5.41, 5.74) is 4.51. The summed E-state index contributed by atoms with van der Waals surface area (Å²) >= 11 is 16.2. The predicted molar refractivity (Wildman–Crippen MR) is 62.6 cm³/mol. The van der Waals surface area contributed by atoms with E-state index < -0.39 is 16.7 Å². The van der Waals surface area contributed by atoms with E-state index in [-0.39, 0.29) is 0 Å². The number of nitrogens with one attached hydrogen (secondary N) is 2. The van der Waals surface area contributed by atoms with Crippen LogP contribution < -0.4 is 10.9 Å². The third kappa shape index (κ3) is 3.89. The summed E-state index contributed by atoms with van der Waals surface area (Å²) in [5.74, 6) is -1.22. The molecule has 0 unspecified atom stereocenters. The van der Waals surface area contributed by atoms with Gasteiger partial charge in [-0.15, -0.1) is 0 Å². The molecule has 0 aromatic heterocycles. The Balaban J connectivity index is 2.57. The van der Waals surface area contributed by atoms with Crippen molar-refractivity contribution in [3.63, 3.8) is 0 Å². The summed E-state index contributed by atoms with van der Waals surface area (Å²) in [5, 5.41) is 0.423. The average molecular weight is 282 g/mol. The van der Waals surface area contributed by atoms with Gasteiger partial charge in [0.15, 0.2) is 4.84 Å². The van der Waals surface area contributed by atoms with Crippen molar-refractivity contribution in [3.8, 4) is 0 Å². The van der Waals surface area contributed by atoms with E-state index in [0.29, 0.717) is 10.6 Å². The zero-order valence-corrected chi connectivity index (χ0v) is 10.1. The molecule has 0 heterocycles. The maximum absolute atomic E-state index is 11.5. The fourth-order valence-electron chi connectivity index (χ4n) is 0.875. The Hall–Kier alpha value is -0.970. The highest BCUT2D eigenvalue weighted by Crippen LogP contribution is 2.10. The summed E-state index contributed by atoms with van der Waals surface area (Å²) in [4.78, 5) is 21.1. The van der Waals surface area contributed by atoms with E-state index >= 15 is 0 Å². The number of hydrazine groups is 1. The van der Waals surface area contributed by atoms with E-state index in [2.05, 4.69) is 10.9 Å². The minimum Gasteiger partial charge on any atom is -0.270 e. The van der Waals surface area contributed by atoms with Crippen LogP contribution in [0.2, 0.25) is 5.02 Å². The Labute approximate surface area is 107 Å². The van der Waals surface area contributed by atoms with Crippen molar-refractivity contribution in [1.82, 2.24) is 10.9 Å². The predicted octanol–water partition coefficient (Wildman–Crippen LogP) is 1.90. The Morgan fingerprint density at radius 2 is 1.88 bits per heavy atom. The van der Waals surface area contributed by atoms with Crippen LogP contribution in [0.1, 0.15) is 10.4 Å². The number of alkyl halides is 2. The van der Waals surface area contributed by atoms with E-state index in [1.165, 1.54) is 6.07 Å². The highest BCUT2D eigenvalue weighted by molar-refractivity contribution is 6.53. The van der Waals surface area contributed by atoms with Crippen molar-refractivity contribution in [2.24, 2.45) is 0 Å². The molecule has 2 amide bonds. The first-order valence-electron chi connectivity index (χ1n) is 4.14. The molecule has 4 nitrogen and oxygen atoms in total. The van der Waals surface area contributed by atoms with E-state index in [1.807, 2.05) is 0 Å². The van der Waals surface area contributed by atoms with Gasteiger partial charge in [-0.25, -0.2) is 0 Å². The van der Waals surface area contributed by atoms with Gasteiger partial charge in [0.1, 0.15) is 0 Å². The summed E-state index contributed by atoms with van der Waals surface area (Å²) in [6.45, 7) is 0. The number of benzene rings is 1. The first-order chi connectivity index (χ1) is 7.50. The Kier molecular flexibility index (Phi) is 4.86. The van der Waals surface area contributed by atoms with Gasteiger partial charge >= 0.3 is 0 Å². The molecule has 0 aliphatic heterocycles. The van der Waals surface area contributed by atoms with Gasteiger partial charge in [-0.3, -0.25) is 20.4 Å². The molecule has 7 heteroatoms. The molecule has 86 valence electrons. The normalized spacial score (nSPS) is 10.0. The van der Waals surface area contributed by atoms with Gasteiger partial charge in [-0.05, 0) is 18.2 Å². The monoisotopic (exact) mass is 280 g/mol. The van der Waals surface area contributed by atoms with Gasteiger partial charge in [-0.1, -0.05) is 40.9 Å². The van der Waals surface area contributed by atoms with Gasteiger partial charge < -0.3 is 0 Å². The Morgan fingerprint density at radius 3 is 2.44 bits per heavy atom. The van der Waals surface area contributed by atoms with Crippen LogP contribution in [0.3, 0.4) is 0 Å². The molecular formula is C9H7Cl3N2O2. The maximum Gasteiger partial charge on any atom is 0.271 e. The van der Waals surface area contributed by atoms with Gasteiger partial charge in [-0.2, -0.15) is 0 Å². The number of carbonyl (C=O) groups is 2. The molecule has 0 aliphatic carbocycles. The lowest BCUT2D eigenvalue weighted by molar-refractivity contribution is -0.120. The van der Waals surface area contributed by atoms with E-state index in [9.17, 15) is 9.59 Å². The quantitative estimate of drug-likeness (QED) is 0.642. The first-order valence-corrected chi connectivity index (χ1v) is 5.39. The van der Waals surface area contributed by atoms with Crippen LogP contribution >= 0.6 is 34.8 Å². The smallest absolute Gasteiger partial charge is 0.270 e. The standard InChI is InChI=1S/C9H7Cl3N2O2/c10-6-3-1-2-5(4-6)8(15)13-14-9(16)7(11)12/h1-4,7H,(H,13,15)(H,14,16). The average Bonchev–Trinajstić information content (AvgIpc) is 2.25. The van der Waals surface area contributed by atoms with E-state index in [0.717, 1.165) is 0 Å². The lowest BCUT2D eigenvalue weighted by atomic mass is 10.2. The van der Waals surface area contributed by atoms with Crippen LogP contribution in [0, 0.1) is 0 Å². The minimum absolute atomic E-state index is 0.313. The molecule has 0 radical (unpaired) electrons. The first kappa shape index (κ1) is 13.1. The molecule has 0 atom stereocenters. The summed E-state index contributed by atoms with van der Waals surface area (Å²) in [6, 6.07) is 6.25.